The van der Waals surface area contributed by atoms with Crippen molar-refractivity contribution < 1.29 is 4.79 Å². The Morgan fingerprint density at radius 1 is 1.07 bits per heavy atom. The SMILES string of the molecule is CN1C(=O)Cn2c(nn(CCN3CCCC3)c(=O)c2=O)-c2cc(Cl)ccc21. The molecule has 0 unspecified atom stereocenters. The lowest BCUT2D eigenvalue weighted by Gasteiger charge is -2.17. The molecule has 0 N–H and O–H groups in total. The standard InChI is InChI=1S/C18H20ClN5O3/c1-21-14-5-4-12(19)10-13(14)16-20-24(9-8-22-6-2-3-7-22)18(27)17(26)23(16)11-15(21)25/h4-5,10H,2-3,6-9,11H2,1H3. The van der Waals surface area contributed by atoms with Crippen LogP contribution in [0.2, 0.25) is 5.02 Å². The van der Waals surface area contributed by atoms with Crippen molar-refractivity contribution in [1.29, 1.82) is 0 Å². The van der Waals surface area contributed by atoms with Gasteiger partial charge in [-0.15, -0.1) is 0 Å². The van der Waals surface area contributed by atoms with E-state index in [1.807, 2.05) is 0 Å². The molecule has 2 aromatic rings. The predicted octanol–water partition coefficient (Wildman–Crippen LogP) is 0.798. The summed E-state index contributed by atoms with van der Waals surface area (Å²) in [5, 5.41) is 4.91. The Labute approximate surface area is 160 Å². The van der Waals surface area contributed by atoms with E-state index in [0.29, 0.717) is 29.4 Å². The summed E-state index contributed by atoms with van der Waals surface area (Å²) in [6.45, 7) is 2.76. The average molecular weight is 390 g/mol. The van der Waals surface area contributed by atoms with E-state index in [1.54, 1.807) is 25.2 Å². The lowest BCUT2D eigenvalue weighted by molar-refractivity contribution is -0.118. The maximum atomic E-state index is 12.7. The van der Waals surface area contributed by atoms with Crippen molar-refractivity contribution in [2.75, 3.05) is 31.6 Å². The van der Waals surface area contributed by atoms with Crippen molar-refractivity contribution in [3.05, 3.63) is 43.9 Å². The first kappa shape index (κ1) is 17.9. The second-order valence-corrected chi connectivity index (χ2v) is 7.34. The average Bonchev–Trinajstić information content (AvgIpc) is 3.14. The molecule has 142 valence electrons. The first-order valence-electron chi connectivity index (χ1n) is 8.96. The van der Waals surface area contributed by atoms with Crippen LogP contribution in [-0.4, -0.2) is 51.8 Å². The number of benzene rings is 1. The summed E-state index contributed by atoms with van der Waals surface area (Å²) in [5.74, 6) is -0.00772. The summed E-state index contributed by atoms with van der Waals surface area (Å²) in [6.07, 6.45) is 2.30. The summed E-state index contributed by atoms with van der Waals surface area (Å²) in [4.78, 5) is 41.4. The summed E-state index contributed by atoms with van der Waals surface area (Å²) < 4.78 is 2.36. The quantitative estimate of drug-likeness (QED) is 0.725. The van der Waals surface area contributed by atoms with Crippen molar-refractivity contribution in [1.82, 2.24) is 19.2 Å². The largest absolute Gasteiger partial charge is 0.332 e. The highest BCUT2D eigenvalue weighted by Crippen LogP contribution is 2.33. The first-order chi connectivity index (χ1) is 13.0. The maximum Gasteiger partial charge on any atom is 0.332 e. The molecule has 1 fully saturated rings. The molecule has 3 heterocycles. The van der Waals surface area contributed by atoms with Crippen LogP contribution in [0.15, 0.2) is 27.8 Å². The van der Waals surface area contributed by atoms with Gasteiger partial charge in [-0.3, -0.25) is 19.0 Å². The molecule has 0 bridgehead atoms. The normalized spacial score (nSPS) is 17.0. The second kappa shape index (κ2) is 6.94. The van der Waals surface area contributed by atoms with Gasteiger partial charge in [0.2, 0.25) is 5.91 Å². The molecule has 1 amide bonds. The molecule has 0 saturated carbocycles. The van der Waals surface area contributed by atoms with E-state index in [9.17, 15) is 14.4 Å². The number of rotatable bonds is 3. The van der Waals surface area contributed by atoms with Crippen LogP contribution < -0.4 is 16.0 Å². The lowest BCUT2D eigenvalue weighted by atomic mass is 10.1. The van der Waals surface area contributed by atoms with E-state index >= 15 is 0 Å². The van der Waals surface area contributed by atoms with Gasteiger partial charge in [0.1, 0.15) is 6.54 Å². The van der Waals surface area contributed by atoms with Crippen molar-refractivity contribution in [3.8, 4) is 11.4 Å². The number of hydrogen-bond donors (Lipinski definition) is 0. The van der Waals surface area contributed by atoms with Crippen LogP contribution in [0.4, 0.5) is 5.69 Å². The third-order valence-corrected chi connectivity index (χ3v) is 5.42. The first-order valence-corrected chi connectivity index (χ1v) is 9.34. The van der Waals surface area contributed by atoms with Crippen LogP contribution in [0.5, 0.6) is 0 Å². The molecule has 27 heavy (non-hydrogen) atoms. The Balaban J connectivity index is 1.84. The molecule has 4 rings (SSSR count). The Morgan fingerprint density at radius 3 is 2.56 bits per heavy atom. The number of likely N-dealkylation sites (N-methyl/N-ethyl adjacent to an activating group) is 1. The Kier molecular flexibility index (Phi) is 4.61. The molecular weight excluding hydrogens is 370 g/mol. The molecule has 8 nitrogen and oxygen atoms in total. The Hall–Kier alpha value is -2.45. The topological polar surface area (TPSA) is 80.4 Å². The van der Waals surface area contributed by atoms with E-state index < -0.39 is 11.1 Å². The molecule has 1 aromatic heterocycles. The fourth-order valence-electron chi connectivity index (χ4n) is 3.63. The van der Waals surface area contributed by atoms with Crippen molar-refractivity contribution in [2.45, 2.75) is 25.9 Å². The monoisotopic (exact) mass is 389 g/mol. The van der Waals surface area contributed by atoms with Gasteiger partial charge in [-0.1, -0.05) is 11.6 Å². The highest BCUT2D eigenvalue weighted by Gasteiger charge is 2.27. The molecule has 0 radical (unpaired) electrons. The number of carbonyl (C=O) groups is 1. The van der Waals surface area contributed by atoms with Gasteiger partial charge in [-0.05, 0) is 44.1 Å². The fraction of sp³-hybridized carbons (Fsp3) is 0.444. The van der Waals surface area contributed by atoms with Crippen LogP contribution in [0.25, 0.3) is 11.4 Å². The Bertz CT molecular complexity index is 1020. The summed E-state index contributed by atoms with van der Waals surface area (Å²) in [7, 11) is 1.63. The summed E-state index contributed by atoms with van der Waals surface area (Å²) in [5.41, 5.74) is -0.287. The molecule has 2 aliphatic rings. The summed E-state index contributed by atoms with van der Waals surface area (Å²) >= 11 is 6.14. The third-order valence-electron chi connectivity index (χ3n) is 5.19. The van der Waals surface area contributed by atoms with Crippen LogP contribution >= 0.6 is 11.6 Å². The van der Waals surface area contributed by atoms with Gasteiger partial charge in [-0.2, -0.15) is 5.10 Å². The van der Waals surface area contributed by atoms with E-state index in [-0.39, 0.29) is 18.3 Å². The van der Waals surface area contributed by atoms with Crippen LogP contribution in [0.3, 0.4) is 0 Å². The predicted molar refractivity (Wildman–Crippen MR) is 102 cm³/mol. The van der Waals surface area contributed by atoms with E-state index in [2.05, 4.69) is 10.00 Å². The van der Waals surface area contributed by atoms with Gasteiger partial charge in [0.15, 0.2) is 5.82 Å². The number of halogens is 1. The minimum Gasteiger partial charge on any atom is -0.313 e. The molecule has 1 aromatic carbocycles. The molecule has 0 aliphatic carbocycles. The van der Waals surface area contributed by atoms with Gasteiger partial charge in [0.05, 0.1) is 12.2 Å². The number of fused-ring (bicyclic) bond motifs is 3. The zero-order valence-electron chi connectivity index (χ0n) is 15.0. The molecule has 1 saturated heterocycles. The zero-order chi connectivity index (χ0) is 19.1. The maximum absolute atomic E-state index is 12.7. The Morgan fingerprint density at radius 2 is 1.81 bits per heavy atom. The van der Waals surface area contributed by atoms with Crippen LogP contribution in [0, 0.1) is 0 Å². The number of amides is 1. The van der Waals surface area contributed by atoms with Gasteiger partial charge < -0.3 is 9.80 Å². The molecule has 9 heteroatoms. The van der Waals surface area contributed by atoms with Crippen molar-refractivity contribution in [2.24, 2.45) is 0 Å². The highest BCUT2D eigenvalue weighted by atomic mass is 35.5. The number of aromatic nitrogens is 3. The molecule has 0 spiro atoms. The molecule has 2 aliphatic heterocycles. The molecular formula is C18H20ClN5O3. The fourth-order valence-corrected chi connectivity index (χ4v) is 3.80. The third kappa shape index (κ3) is 3.19. The number of nitrogens with zero attached hydrogens (tertiary/aromatic N) is 5. The number of carbonyl (C=O) groups excluding carboxylic acids is 1. The van der Waals surface area contributed by atoms with Crippen molar-refractivity contribution in [3.63, 3.8) is 0 Å². The minimum absolute atomic E-state index is 0.230. The van der Waals surface area contributed by atoms with E-state index in [1.165, 1.54) is 9.58 Å². The van der Waals surface area contributed by atoms with Crippen LogP contribution in [0.1, 0.15) is 12.8 Å². The van der Waals surface area contributed by atoms with Gasteiger partial charge in [-0.25, -0.2) is 4.68 Å². The van der Waals surface area contributed by atoms with Gasteiger partial charge >= 0.3 is 11.1 Å². The zero-order valence-corrected chi connectivity index (χ0v) is 15.8. The van der Waals surface area contributed by atoms with Crippen LogP contribution in [-0.2, 0) is 17.9 Å². The smallest absolute Gasteiger partial charge is 0.313 e. The molecule has 0 atom stereocenters. The van der Waals surface area contributed by atoms with E-state index in [0.717, 1.165) is 30.5 Å². The minimum atomic E-state index is -0.740. The second-order valence-electron chi connectivity index (χ2n) is 6.91. The number of likely N-dealkylation sites (tertiary alicyclic amines) is 1. The number of anilines is 1. The van der Waals surface area contributed by atoms with Gasteiger partial charge in [0, 0.05) is 24.2 Å². The van der Waals surface area contributed by atoms with E-state index in [4.69, 9.17) is 11.6 Å². The summed E-state index contributed by atoms with van der Waals surface area (Å²) in [6, 6.07) is 5.07. The van der Waals surface area contributed by atoms with Crippen molar-refractivity contribution >= 4 is 23.2 Å². The van der Waals surface area contributed by atoms with Gasteiger partial charge in [0.25, 0.3) is 0 Å². The highest BCUT2D eigenvalue weighted by molar-refractivity contribution is 6.31. The number of hydrogen-bond acceptors (Lipinski definition) is 5. The lowest BCUT2D eigenvalue weighted by Crippen LogP contribution is -2.46.